The van der Waals surface area contributed by atoms with Crippen LogP contribution in [0.25, 0.3) is 33.5 Å². The Labute approximate surface area is 210 Å². The number of nitrogens with zero attached hydrogens (tertiary/aromatic N) is 3. The molecule has 3 aromatic heterocycles. The molecular formula is C27H22IrN4O2-2. The van der Waals surface area contributed by atoms with Crippen LogP contribution in [0.3, 0.4) is 0 Å². The van der Waals surface area contributed by atoms with Crippen molar-refractivity contribution < 1.29 is 20.1 Å². The van der Waals surface area contributed by atoms with E-state index in [2.05, 4.69) is 73.2 Å². The standard InChI is InChI=1S/C18H16N.C9H7N3O2.Ir/c1-12-8-13(2)10-15(9-12)18-11-14(3)16-6-4-5-7-17(16)19-18;13-8-5-7(11-9(14)12-8)6-3-1-2-4-10-6;/h4-9,11H,1-3H3;1-5H,(H2,11,12,13,14);/q-1;;/p-1. The third-order valence-corrected chi connectivity index (χ3v) is 4.99. The second kappa shape index (κ2) is 11.0. The number of hydrogen-bond acceptors (Lipinski definition) is 4. The zero-order valence-electron chi connectivity index (χ0n) is 18.9. The van der Waals surface area contributed by atoms with Gasteiger partial charge < -0.3 is 9.97 Å². The average molecular weight is 627 g/mol. The summed E-state index contributed by atoms with van der Waals surface area (Å²) in [5.41, 5.74) is 6.47. The molecule has 6 nitrogen and oxygen atoms in total. The van der Waals surface area contributed by atoms with Crippen LogP contribution in [0.15, 0.2) is 82.5 Å². The van der Waals surface area contributed by atoms with E-state index in [-0.39, 0.29) is 20.1 Å². The number of fused-ring (bicyclic) bond motifs is 1. The van der Waals surface area contributed by atoms with Gasteiger partial charge in [0.2, 0.25) is 0 Å². The molecule has 1 radical (unpaired) electrons. The topological polar surface area (TPSA) is 89.8 Å². The molecule has 3 heterocycles. The van der Waals surface area contributed by atoms with Crippen molar-refractivity contribution in [2.75, 3.05) is 0 Å². The fourth-order valence-electron chi connectivity index (χ4n) is 3.60. The molecule has 0 aliphatic heterocycles. The molecule has 173 valence electrons. The second-order valence-corrected chi connectivity index (χ2v) is 7.75. The smallest absolute Gasteiger partial charge is 0.171 e. The van der Waals surface area contributed by atoms with Gasteiger partial charge in [0.15, 0.2) is 11.2 Å². The van der Waals surface area contributed by atoms with Gasteiger partial charge in [0, 0.05) is 31.7 Å². The van der Waals surface area contributed by atoms with Crippen LogP contribution in [0.1, 0.15) is 16.7 Å². The molecule has 0 aliphatic carbocycles. The number of H-pyrrole nitrogens is 1. The van der Waals surface area contributed by atoms with E-state index in [0.29, 0.717) is 11.4 Å². The molecule has 0 unspecified atom stereocenters. The van der Waals surface area contributed by atoms with Crippen LogP contribution < -0.4 is 16.2 Å². The Morgan fingerprint density at radius 1 is 0.882 bits per heavy atom. The summed E-state index contributed by atoms with van der Waals surface area (Å²) in [7, 11) is 0. The van der Waals surface area contributed by atoms with Crippen molar-refractivity contribution in [3.8, 4) is 22.6 Å². The van der Waals surface area contributed by atoms with Gasteiger partial charge in [-0.25, -0.2) is 0 Å². The molecule has 0 fully saturated rings. The third kappa shape index (κ3) is 6.01. The van der Waals surface area contributed by atoms with Crippen molar-refractivity contribution in [1.29, 1.82) is 0 Å². The first-order valence-corrected chi connectivity index (χ1v) is 10.5. The SMILES string of the molecule is Cc1[c-]c(-c2cc(C)c3ccccc3n2)cc(C)c1.O=c1cc(-c2ccccn2)[n-]c(=O)[nH]1.[Ir]. The second-order valence-electron chi connectivity index (χ2n) is 7.75. The van der Waals surface area contributed by atoms with Gasteiger partial charge in [-0.15, -0.1) is 34.9 Å². The Morgan fingerprint density at radius 3 is 2.35 bits per heavy atom. The monoisotopic (exact) mass is 627 g/mol. The van der Waals surface area contributed by atoms with Gasteiger partial charge >= 0.3 is 0 Å². The number of hydrogen-bond donors (Lipinski definition) is 1. The Balaban J connectivity index is 0.000000193. The molecule has 2 aromatic carbocycles. The molecule has 5 aromatic rings. The third-order valence-electron chi connectivity index (χ3n) is 4.99. The summed E-state index contributed by atoms with van der Waals surface area (Å²) in [6.07, 6.45) is 1.57. The van der Waals surface area contributed by atoms with E-state index in [0.717, 1.165) is 22.3 Å². The summed E-state index contributed by atoms with van der Waals surface area (Å²) in [5, 5.41) is 1.22. The van der Waals surface area contributed by atoms with E-state index < -0.39 is 11.2 Å². The van der Waals surface area contributed by atoms with Gasteiger partial charge in [-0.3, -0.25) is 19.6 Å². The average Bonchev–Trinajstić information content (AvgIpc) is 2.79. The molecule has 1 N–H and O–H groups in total. The van der Waals surface area contributed by atoms with Crippen LogP contribution in [0.2, 0.25) is 0 Å². The van der Waals surface area contributed by atoms with Crippen molar-refractivity contribution in [2.24, 2.45) is 0 Å². The maximum atomic E-state index is 11.0. The van der Waals surface area contributed by atoms with Crippen molar-refractivity contribution >= 4 is 10.9 Å². The summed E-state index contributed by atoms with van der Waals surface area (Å²) in [6.45, 7) is 6.32. The van der Waals surface area contributed by atoms with E-state index in [1.54, 1.807) is 24.4 Å². The molecule has 0 aliphatic rings. The first-order chi connectivity index (χ1) is 15.9. The van der Waals surface area contributed by atoms with E-state index in [1.165, 1.54) is 22.6 Å². The molecular weight excluding hydrogens is 605 g/mol. The summed E-state index contributed by atoms with van der Waals surface area (Å²) in [4.78, 5) is 36.2. The molecule has 0 saturated carbocycles. The zero-order chi connectivity index (χ0) is 23.4. The van der Waals surface area contributed by atoms with E-state index in [1.807, 2.05) is 11.1 Å². The molecule has 0 atom stereocenters. The van der Waals surface area contributed by atoms with Crippen molar-refractivity contribution in [3.05, 3.63) is 117 Å². The van der Waals surface area contributed by atoms with E-state index >= 15 is 0 Å². The maximum Gasteiger partial charge on any atom is 0.171 e. The summed E-state index contributed by atoms with van der Waals surface area (Å²) < 4.78 is 0. The molecule has 0 amide bonds. The Bertz CT molecular complexity index is 1490. The molecule has 0 saturated heterocycles. The van der Waals surface area contributed by atoms with Gasteiger partial charge in [-0.05, 0) is 48.1 Å². The van der Waals surface area contributed by atoms with E-state index in [9.17, 15) is 9.59 Å². The van der Waals surface area contributed by atoms with Gasteiger partial charge in [-0.2, -0.15) is 0 Å². The van der Waals surface area contributed by atoms with Crippen molar-refractivity contribution in [1.82, 2.24) is 19.9 Å². The van der Waals surface area contributed by atoms with Crippen molar-refractivity contribution in [2.45, 2.75) is 20.8 Å². The van der Waals surface area contributed by atoms with Crippen LogP contribution in [-0.2, 0) is 20.1 Å². The minimum atomic E-state index is -0.654. The fraction of sp³-hybridized carbons (Fsp3) is 0.111. The number of para-hydroxylation sites is 1. The molecule has 7 heteroatoms. The van der Waals surface area contributed by atoms with Gasteiger partial charge in [0.1, 0.15) is 0 Å². The Kier molecular flexibility index (Phi) is 8.05. The first-order valence-electron chi connectivity index (χ1n) is 10.5. The Hall–Kier alpha value is -3.67. The van der Waals surface area contributed by atoms with Crippen LogP contribution >= 0.6 is 0 Å². The number of aryl methyl sites for hydroxylation is 3. The molecule has 34 heavy (non-hydrogen) atoms. The normalized spacial score (nSPS) is 10.2. The number of aromatic nitrogens is 4. The molecule has 0 bridgehead atoms. The largest absolute Gasteiger partial charge is 0.399 e. The van der Waals surface area contributed by atoms with Gasteiger partial charge in [-0.1, -0.05) is 44.2 Å². The molecule has 0 spiro atoms. The number of rotatable bonds is 2. The summed E-state index contributed by atoms with van der Waals surface area (Å²) in [6, 6.07) is 24.5. The Morgan fingerprint density at radius 2 is 1.65 bits per heavy atom. The first kappa shape index (κ1) is 25.0. The van der Waals surface area contributed by atoms with Gasteiger partial charge in [0.25, 0.3) is 0 Å². The minimum absolute atomic E-state index is 0. The summed E-state index contributed by atoms with van der Waals surface area (Å²) in [5.74, 6) is 0. The number of nitrogens with one attached hydrogen (secondary N) is 1. The number of pyridine rings is 2. The number of benzene rings is 2. The quantitative estimate of drug-likeness (QED) is 0.294. The van der Waals surface area contributed by atoms with Crippen molar-refractivity contribution in [3.63, 3.8) is 0 Å². The van der Waals surface area contributed by atoms with Gasteiger partial charge in [0.05, 0.1) is 11.2 Å². The van der Waals surface area contributed by atoms with Crippen LogP contribution in [0, 0.1) is 26.8 Å². The number of aromatic amines is 1. The van der Waals surface area contributed by atoms with E-state index in [4.69, 9.17) is 4.98 Å². The predicted molar refractivity (Wildman–Crippen MR) is 130 cm³/mol. The summed E-state index contributed by atoms with van der Waals surface area (Å²) >= 11 is 0. The minimum Gasteiger partial charge on any atom is -0.399 e. The fourth-order valence-corrected chi connectivity index (χ4v) is 3.60. The maximum absolute atomic E-state index is 11.0. The van der Waals surface area contributed by atoms with Crippen LogP contribution in [-0.4, -0.2) is 15.0 Å². The predicted octanol–water partition coefficient (Wildman–Crippen LogP) is 4.38. The zero-order valence-corrected chi connectivity index (χ0v) is 21.3. The van der Waals surface area contributed by atoms with Crippen LogP contribution in [0.5, 0.6) is 0 Å². The van der Waals surface area contributed by atoms with Crippen LogP contribution in [0.4, 0.5) is 0 Å². The molecule has 5 rings (SSSR count).